The lowest BCUT2D eigenvalue weighted by Crippen LogP contribution is -2.51. The molecule has 2 amide bonds. The highest BCUT2D eigenvalue weighted by atomic mass is 32.2. The van der Waals surface area contributed by atoms with Gasteiger partial charge in [-0.15, -0.1) is 0 Å². The average molecular weight is 520 g/mol. The molecule has 0 heterocycles. The molecular weight excluding hydrogens is 482 g/mol. The van der Waals surface area contributed by atoms with E-state index in [0.717, 1.165) is 16.1 Å². The highest BCUT2D eigenvalue weighted by Gasteiger charge is 2.30. The molecule has 1 atom stereocenters. The fraction of sp³-hybridized carbons (Fsp3) is 0.462. The van der Waals surface area contributed by atoms with Crippen molar-refractivity contribution in [2.75, 3.05) is 37.4 Å². The van der Waals surface area contributed by atoms with Crippen LogP contribution in [0.15, 0.2) is 48.5 Å². The predicted octanol–water partition coefficient (Wildman–Crippen LogP) is 3.05. The Kier molecular flexibility index (Phi) is 10.6. The Bertz CT molecular complexity index is 1120. The van der Waals surface area contributed by atoms with Gasteiger partial charge in [0.25, 0.3) is 0 Å². The van der Waals surface area contributed by atoms with Crippen LogP contribution in [0.2, 0.25) is 0 Å². The van der Waals surface area contributed by atoms with Gasteiger partial charge in [0.05, 0.1) is 25.7 Å². The number of hydrogen-bond acceptors (Lipinski definition) is 6. The maximum Gasteiger partial charge on any atom is 0.244 e. The molecule has 0 aliphatic carbocycles. The third-order valence-electron chi connectivity index (χ3n) is 5.45. The number of nitrogens with zero attached hydrogens (tertiary/aromatic N) is 2. The summed E-state index contributed by atoms with van der Waals surface area (Å²) in [6.07, 6.45) is 1.04. The summed E-state index contributed by atoms with van der Waals surface area (Å²) in [6.45, 7) is 8.03. The van der Waals surface area contributed by atoms with E-state index in [9.17, 15) is 18.0 Å². The number of anilines is 1. The van der Waals surface area contributed by atoms with Crippen molar-refractivity contribution in [1.82, 2.24) is 10.2 Å². The fourth-order valence-corrected chi connectivity index (χ4v) is 4.34. The second kappa shape index (κ2) is 13.2. The van der Waals surface area contributed by atoms with Crippen molar-refractivity contribution in [3.05, 3.63) is 54.1 Å². The van der Waals surface area contributed by atoms with Gasteiger partial charge in [0.2, 0.25) is 21.8 Å². The molecule has 0 fully saturated rings. The predicted molar refractivity (Wildman–Crippen MR) is 141 cm³/mol. The van der Waals surface area contributed by atoms with E-state index in [2.05, 4.69) is 5.32 Å². The summed E-state index contributed by atoms with van der Waals surface area (Å²) < 4.78 is 37.0. The minimum absolute atomic E-state index is 0.104. The quantitative estimate of drug-likeness (QED) is 0.436. The minimum Gasteiger partial charge on any atom is -0.497 e. The molecule has 0 radical (unpaired) electrons. The van der Waals surface area contributed by atoms with E-state index in [-0.39, 0.29) is 18.4 Å². The monoisotopic (exact) mass is 519 g/mol. The van der Waals surface area contributed by atoms with Crippen LogP contribution in [-0.2, 0) is 26.2 Å². The van der Waals surface area contributed by atoms with E-state index in [1.165, 1.54) is 4.90 Å². The van der Waals surface area contributed by atoms with E-state index in [0.29, 0.717) is 30.3 Å². The van der Waals surface area contributed by atoms with Crippen LogP contribution in [0, 0.1) is 5.92 Å². The van der Waals surface area contributed by atoms with Gasteiger partial charge in [0.1, 0.15) is 24.1 Å². The molecule has 0 bridgehead atoms. The number of hydrogen-bond donors (Lipinski definition) is 1. The molecule has 2 rings (SSSR count). The first-order valence-electron chi connectivity index (χ1n) is 11.9. The van der Waals surface area contributed by atoms with Crippen LogP contribution in [-0.4, -0.2) is 64.2 Å². The van der Waals surface area contributed by atoms with Crippen molar-refractivity contribution < 1.29 is 27.5 Å². The Morgan fingerprint density at radius 2 is 1.69 bits per heavy atom. The van der Waals surface area contributed by atoms with Crippen LogP contribution >= 0.6 is 0 Å². The van der Waals surface area contributed by atoms with Gasteiger partial charge in [0.15, 0.2) is 0 Å². The van der Waals surface area contributed by atoms with Crippen LogP contribution in [0.4, 0.5) is 5.69 Å². The number of ether oxygens (including phenoxy) is 2. The van der Waals surface area contributed by atoms with Crippen LogP contribution in [0.3, 0.4) is 0 Å². The number of rotatable bonds is 13. The van der Waals surface area contributed by atoms with Crippen molar-refractivity contribution in [1.29, 1.82) is 0 Å². The molecule has 1 N–H and O–H groups in total. The van der Waals surface area contributed by atoms with Crippen LogP contribution in [0.1, 0.15) is 33.3 Å². The van der Waals surface area contributed by atoms with Gasteiger partial charge in [-0.1, -0.05) is 26.0 Å². The van der Waals surface area contributed by atoms with E-state index >= 15 is 0 Å². The summed E-state index contributed by atoms with van der Waals surface area (Å²) >= 11 is 0. The fourth-order valence-electron chi connectivity index (χ4n) is 3.49. The van der Waals surface area contributed by atoms with Gasteiger partial charge in [-0.2, -0.15) is 0 Å². The minimum atomic E-state index is -3.80. The van der Waals surface area contributed by atoms with Crippen LogP contribution in [0.5, 0.6) is 11.5 Å². The van der Waals surface area contributed by atoms with Crippen molar-refractivity contribution >= 4 is 27.5 Å². The molecular formula is C26H37N3O6S. The Morgan fingerprint density at radius 3 is 2.25 bits per heavy atom. The standard InChI is InChI=1S/C26H37N3O6S/c1-7-35-23-13-11-22(12-14-23)29(36(6,32)33)18-25(30)28(20(4)26(31)27-16-19(2)3)17-21-9-8-10-24(15-21)34-5/h8-15,19-20H,7,16-18H2,1-6H3,(H,27,31)/t20-/m0/s1. The second-order valence-corrected chi connectivity index (χ2v) is 10.8. The van der Waals surface area contributed by atoms with Crippen molar-refractivity contribution in [3.63, 3.8) is 0 Å². The first kappa shape index (κ1) is 29.0. The first-order chi connectivity index (χ1) is 17.0. The highest BCUT2D eigenvalue weighted by molar-refractivity contribution is 7.92. The third-order valence-corrected chi connectivity index (χ3v) is 6.59. The Hall–Kier alpha value is -3.27. The van der Waals surface area contributed by atoms with E-state index in [4.69, 9.17) is 9.47 Å². The molecule has 0 aliphatic rings. The van der Waals surface area contributed by atoms with E-state index in [1.54, 1.807) is 56.5 Å². The summed E-state index contributed by atoms with van der Waals surface area (Å²) in [7, 11) is -2.25. The van der Waals surface area contributed by atoms with Gasteiger partial charge in [0, 0.05) is 13.1 Å². The van der Waals surface area contributed by atoms with Gasteiger partial charge < -0.3 is 19.7 Å². The van der Waals surface area contributed by atoms with Gasteiger partial charge >= 0.3 is 0 Å². The summed E-state index contributed by atoms with van der Waals surface area (Å²) in [5.41, 5.74) is 1.07. The summed E-state index contributed by atoms with van der Waals surface area (Å²) in [6, 6.07) is 12.8. The maximum atomic E-state index is 13.6. The lowest BCUT2D eigenvalue weighted by atomic mass is 10.1. The normalized spacial score (nSPS) is 12.1. The SMILES string of the molecule is CCOc1ccc(N(CC(=O)N(Cc2cccc(OC)c2)[C@@H](C)C(=O)NCC(C)C)S(C)(=O)=O)cc1. The number of carbonyl (C=O) groups is 2. The van der Waals surface area contributed by atoms with Gasteiger partial charge in [-0.05, 0) is 61.7 Å². The number of methoxy groups -OCH3 is 1. The maximum absolute atomic E-state index is 13.6. The summed E-state index contributed by atoms with van der Waals surface area (Å²) in [4.78, 5) is 27.8. The molecule has 0 saturated heterocycles. The molecule has 0 aliphatic heterocycles. The largest absolute Gasteiger partial charge is 0.497 e. The molecule has 0 saturated carbocycles. The number of sulfonamides is 1. The topological polar surface area (TPSA) is 105 Å². The Balaban J connectivity index is 2.36. The third kappa shape index (κ3) is 8.44. The molecule has 0 spiro atoms. The van der Waals surface area contributed by atoms with Crippen LogP contribution < -0.4 is 19.1 Å². The molecule has 10 heteroatoms. The number of nitrogens with one attached hydrogen (secondary N) is 1. The number of carbonyl (C=O) groups excluding carboxylic acids is 2. The number of benzene rings is 2. The highest BCUT2D eigenvalue weighted by Crippen LogP contribution is 2.23. The molecule has 36 heavy (non-hydrogen) atoms. The first-order valence-corrected chi connectivity index (χ1v) is 13.7. The zero-order valence-electron chi connectivity index (χ0n) is 21.9. The average Bonchev–Trinajstić information content (AvgIpc) is 2.84. The molecule has 0 aromatic heterocycles. The van der Waals surface area contributed by atoms with E-state index in [1.807, 2.05) is 26.8 Å². The Morgan fingerprint density at radius 1 is 1.03 bits per heavy atom. The zero-order chi connectivity index (χ0) is 26.9. The molecule has 2 aromatic carbocycles. The molecule has 0 unspecified atom stereocenters. The van der Waals surface area contributed by atoms with Gasteiger partial charge in [-0.25, -0.2) is 8.42 Å². The molecule has 198 valence electrons. The second-order valence-electron chi connectivity index (χ2n) is 8.88. The Labute approximate surface area is 214 Å². The van der Waals surface area contributed by atoms with Crippen molar-refractivity contribution in [2.24, 2.45) is 5.92 Å². The van der Waals surface area contributed by atoms with Crippen molar-refractivity contribution in [3.8, 4) is 11.5 Å². The smallest absolute Gasteiger partial charge is 0.244 e. The summed E-state index contributed by atoms with van der Waals surface area (Å²) in [5, 5.41) is 2.86. The summed E-state index contributed by atoms with van der Waals surface area (Å²) in [5.74, 6) is 0.625. The molecule has 2 aromatic rings. The van der Waals surface area contributed by atoms with Gasteiger partial charge in [-0.3, -0.25) is 13.9 Å². The van der Waals surface area contributed by atoms with Crippen LogP contribution in [0.25, 0.3) is 0 Å². The number of amides is 2. The lowest BCUT2D eigenvalue weighted by molar-refractivity contribution is -0.139. The lowest BCUT2D eigenvalue weighted by Gasteiger charge is -2.31. The molecule has 9 nitrogen and oxygen atoms in total. The zero-order valence-corrected chi connectivity index (χ0v) is 22.7. The van der Waals surface area contributed by atoms with E-state index < -0.39 is 28.5 Å². The van der Waals surface area contributed by atoms with Crippen molar-refractivity contribution in [2.45, 2.75) is 40.3 Å².